The number of nitrogens with zero attached hydrogens (tertiary/aromatic N) is 1. The molecule has 90 valence electrons. The first kappa shape index (κ1) is 13.2. The lowest BCUT2D eigenvalue weighted by molar-refractivity contribution is -0.105. The molecule has 0 bridgehead atoms. The Morgan fingerprint density at radius 3 is 2.94 bits per heavy atom. The maximum Gasteiger partial charge on any atom is 0.146 e. The number of aldehydes is 1. The SMILES string of the molecule is CC1=C(C=O)CCN(SI)c2cc(Cl)ccc21. The molecule has 0 spiro atoms. The fraction of sp³-hybridized carbons (Fsp3) is 0.250. The largest absolute Gasteiger partial charge is 0.307 e. The lowest BCUT2D eigenvalue weighted by atomic mass is 10.0. The van der Waals surface area contributed by atoms with Crippen molar-refractivity contribution in [2.24, 2.45) is 0 Å². The van der Waals surface area contributed by atoms with Crippen molar-refractivity contribution in [1.29, 1.82) is 0 Å². The van der Waals surface area contributed by atoms with Crippen LogP contribution in [0.15, 0.2) is 23.8 Å². The molecule has 1 aromatic carbocycles. The molecule has 1 aliphatic rings. The lowest BCUT2D eigenvalue weighted by Crippen LogP contribution is -2.13. The molecule has 0 amide bonds. The second-order valence-electron chi connectivity index (χ2n) is 3.85. The summed E-state index contributed by atoms with van der Waals surface area (Å²) in [6, 6.07) is 5.81. The Kier molecular flexibility index (Phi) is 4.38. The van der Waals surface area contributed by atoms with E-state index in [0.29, 0.717) is 0 Å². The number of anilines is 1. The van der Waals surface area contributed by atoms with Crippen LogP contribution in [-0.2, 0) is 4.79 Å². The van der Waals surface area contributed by atoms with Gasteiger partial charge in [-0.05, 0) is 36.6 Å². The third-order valence-corrected chi connectivity index (χ3v) is 5.13. The van der Waals surface area contributed by atoms with Crippen LogP contribution >= 0.6 is 41.9 Å². The zero-order valence-corrected chi connectivity index (χ0v) is 13.0. The zero-order chi connectivity index (χ0) is 12.4. The van der Waals surface area contributed by atoms with Crippen molar-refractivity contribution in [3.05, 3.63) is 34.4 Å². The van der Waals surface area contributed by atoms with Gasteiger partial charge in [-0.15, -0.1) is 0 Å². The molecule has 2 rings (SSSR count). The van der Waals surface area contributed by atoms with Crippen molar-refractivity contribution in [2.45, 2.75) is 13.3 Å². The van der Waals surface area contributed by atoms with E-state index in [9.17, 15) is 4.79 Å². The minimum atomic E-state index is 0.724. The number of rotatable bonds is 2. The Morgan fingerprint density at radius 2 is 2.29 bits per heavy atom. The minimum Gasteiger partial charge on any atom is -0.307 e. The Bertz CT molecular complexity index is 489. The van der Waals surface area contributed by atoms with Gasteiger partial charge in [0, 0.05) is 47.5 Å². The smallest absolute Gasteiger partial charge is 0.146 e. The van der Waals surface area contributed by atoms with Gasteiger partial charge in [-0.3, -0.25) is 4.79 Å². The highest BCUT2D eigenvalue weighted by Gasteiger charge is 2.19. The van der Waals surface area contributed by atoms with Crippen LogP contribution in [0.1, 0.15) is 18.9 Å². The highest BCUT2D eigenvalue weighted by molar-refractivity contribution is 14.2. The summed E-state index contributed by atoms with van der Waals surface area (Å²) in [5.41, 5.74) is 4.12. The van der Waals surface area contributed by atoms with Gasteiger partial charge in [-0.1, -0.05) is 17.7 Å². The molecule has 0 unspecified atom stereocenters. The van der Waals surface area contributed by atoms with E-state index >= 15 is 0 Å². The molecule has 1 aliphatic heterocycles. The average molecular weight is 380 g/mol. The van der Waals surface area contributed by atoms with Crippen molar-refractivity contribution >= 4 is 59.5 Å². The first-order valence-electron chi connectivity index (χ1n) is 5.18. The Hall–Kier alpha value is -0.200. The normalized spacial score (nSPS) is 15.6. The first-order valence-corrected chi connectivity index (χ1v) is 8.88. The molecule has 0 N–H and O–H groups in total. The van der Waals surface area contributed by atoms with Crippen molar-refractivity contribution in [2.75, 3.05) is 10.8 Å². The van der Waals surface area contributed by atoms with E-state index in [2.05, 4.69) is 25.5 Å². The molecule has 5 heteroatoms. The van der Waals surface area contributed by atoms with Gasteiger partial charge in [0.05, 0.1) is 5.69 Å². The van der Waals surface area contributed by atoms with Crippen molar-refractivity contribution in [1.82, 2.24) is 0 Å². The number of hydrogen-bond acceptors (Lipinski definition) is 3. The van der Waals surface area contributed by atoms with Gasteiger partial charge in [-0.25, -0.2) is 0 Å². The third kappa shape index (κ3) is 2.63. The van der Waals surface area contributed by atoms with Crippen LogP contribution in [0.5, 0.6) is 0 Å². The third-order valence-electron chi connectivity index (χ3n) is 2.92. The maximum atomic E-state index is 11.1. The van der Waals surface area contributed by atoms with E-state index in [1.54, 1.807) is 9.12 Å². The summed E-state index contributed by atoms with van der Waals surface area (Å²) >= 11 is 8.30. The summed E-state index contributed by atoms with van der Waals surface area (Å²) in [6.07, 6.45) is 1.74. The molecule has 0 atom stereocenters. The van der Waals surface area contributed by atoms with Crippen LogP contribution < -0.4 is 4.31 Å². The Balaban J connectivity index is 2.61. The molecule has 17 heavy (non-hydrogen) atoms. The fourth-order valence-corrected chi connectivity index (χ4v) is 3.73. The minimum absolute atomic E-state index is 0.724. The monoisotopic (exact) mass is 379 g/mol. The summed E-state index contributed by atoms with van der Waals surface area (Å²) in [6.45, 7) is 2.82. The summed E-state index contributed by atoms with van der Waals surface area (Å²) in [7, 11) is 1.63. The van der Waals surface area contributed by atoms with Crippen molar-refractivity contribution < 1.29 is 4.79 Å². The number of benzene rings is 1. The molecule has 0 saturated heterocycles. The van der Waals surface area contributed by atoms with E-state index < -0.39 is 0 Å². The molecule has 1 heterocycles. The number of carbonyl (C=O) groups is 1. The van der Waals surface area contributed by atoms with Gasteiger partial charge < -0.3 is 4.31 Å². The predicted molar refractivity (Wildman–Crippen MR) is 83.7 cm³/mol. The molecular formula is C12H11ClINOS. The van der Waals surface area contributed by atoms with Crippen molar-refractivity contribution in [3.63, 3.8) is 0 Å². The van der Waals surface area contributed by atoms with E-state index in [4.69, 9.17) is 11.6 Å². The van der Waals surface area contributed by atoms with Crippen LogP contribution in [-0.4, -0.2) is 12.8 Å². The van der Waals surface area contributed by atoms with Crippen LogP contribution in [0.25, 0.3) is 5.57 Å². The summed E-state index contributed by atoms with van der Waals surface area (Å²) in [4.78, 5) is 11.1. The predicted octanol–water partition coefficient (Wildman–Crippen LogP) is 4.52. The van der Waals surface area contributed by atoms with E-state index in [1.165, 1.54) is 0 Å². The molecule has 0 radical (unpaired) electrons. The van der Waals surface area contributed by atoms with Gasteiger partial charge in [0.15, 0.2) is 0 Å². The number of fused-ring (bicyclic) bond motifs is 1. The van der Waals surface area contributed by atoms with Gasteiger partial charge >= 0.3 is 0 Å². The molecule has 0 saturated carbocycles. The maximum absolute atomic E-state index is 11.1. The zero-order valence-electron chi connectivity index (χ0n) is 9.24. The second-order valence-corrected chi connectivity index (χ2v) is 6.05. The van der Waals surface area contributed by atoms with Crippen LogP contribution in [0.2, 0.25) is 5.02 Å². The Morgan fingerprint density at radius 1 is 1.53 bits per heavy atom. The fourth-order valence-electron chi connectivity index (χ4n) is 1.95. The highest BCUT2D eigenvalue weighted by atomic mass is 127. The summed E-state index contributed by atoms with van der Waals surface area (Å²) < 4.78 is 2.17. The molecule has 1 aromatic rings. The second kappa shape index (κ2) is 5.63. The van der Waals surface area contributed by atoms with E-state index in [0.717, 1.165) is 46.7 Å². The van der Waals surface area contributed by atoms with Crippen molar-refractivity contribution in [3.8, 4) is 0 Å². The topological polar surface area (TPSA) is 20.3 Å². The quantitative estimate of drug-likeness (QED) is 0.428. The molecule has 2 nitrogen and oxygen atoms in total. The van der Waals surface area contributed by atoms with Gasteiger partial charge in [0.1, 0.15) is 6.29 Å². The highest BCUT2D eigenvalue weighted by Crippen LogP contribution is 2.39. The first-order chi connectivity index (χ1) is 8.17. The Labute approximate surface area is 122 Å². The lowest BCUT2D eigenvalue weighted by Gasteiger charge is -2.20. The molecule has 0 aliphatic carbocycles. The van der Waals surface area contributed by atoms with Crippen LogP contribution in [0, 0.1) is 0 Å². The number of allylic oxidation sites excluding steroid dienone is 1. The van der Waals surface area contributed by atoms with Gasteiger partial charge in [-0.2, -0.15) is 0 Å². The van der Waals surface area contributed by atoms with E-state index in [1.807, 2.05) is 25.1 Å². The molecule has 0 fully saturated rings. The van der Waals surface area contributed by atoms with Crippen LogP contribution in [0.4, 0.5) is 5.69 Å². The average Bonchev–Trinajstić information content (AvgIpc) is 2.46. The standard InChI is InChI=1S/C12H11ClINOS/c1-8-9(7-16)4-5-15(17-14)12-6-10(13)2-3-11(8)12/h2-3,6-7H,4-5H2,1H3. The molecule has 0 aromatic heterocycles. The number of halogens is 2. The summed E-state index contributed by atoms with van der Waals surface area (Å²) in [5, 5.41) is 0.724. The number of carbonyl (C=O) groups excluding carboxylic acids is 1. The van der Waals surface area contributed by atoms with Crippen LogP contribution in [0.3, 0.4) is 0 Å². The summed E-state index contributed by atoms with van der Waals surface area (Å²) in [5.74, 6) is 0. The van der Waals surface area contributed by atoms with E-state index in [-0.39, 0.29) is 0 Å². The van der Waals surface area contributed by atoms with Gasteiger partial charge in [0.25, 0.3) is 0 Å². The van der Waals surface area contributed by atoms with Gasteiger partial charge in [0.2, 0.25) is 0 Å². The molecular weight excluding hydrogens is 369 g/mol. The number of hydrogen-bond donors (Lipinski definition) is 0.